The molecule has 0 saturated heterocycles. The number of methoxy groups -OCH3 is 1. The van der Waals surface area contributed by atoms with E-state index in [-0.39, 0.29) is 51.8 Å². The van der Waals surface area contributed by atoms with Gasteiger partial charge in [0.05, 0.1) is 53.6 Å². The Bertz CT molecular complexity index is 2270. The average Bonchev–Trinajstić information content (AvgIpc) is 3.35. The predicted molar refractivity (Wildman–Crippen MR) is 187 cm³/mol. The standard InChI is InChI=1S/C34H35ClF2N6O7S/c1-34(2,3)50-33(46)38-25(15-20-13-21(36)16-22(37)14-20)31-39-27(44)17-28(45)43(31)26-12-11-24(35)29-30(26)41(4)40-32(29)42(51(6,47)48)18-19-7-9-23(49-5)10-8-19/h7-14,16-17,25,44H,15,18H2,1-6H3,(H,38,46). The van der Waals surface area contributed by atoms with Crippen LogP contribution < -0.4 is 19.9 Å². The van der Waals surface area contributed by atoms with Crippen molar-refractivity contribution in [3.63, 3.8) is 0 Å². The number of alkyl carbamates (subject to hydrolysis) is 1. The summed E-state index contributed by atoms with van der Waals surface area (Å²) in [7, 11) is -0.952. The molecule has 51 heavy (non-hydrogen) atoms. The number of aromatic nitrogens is 4. The molecule has 1 atom stereocenters. The van der Waals surface area contributed by atoms with Gasteiger partial charge in [0.2, 0.25) is 15.9 Å². The second-order valence-corrected chi connectivity index (χ2v) is 15.0. The van der Waals surface area contributed by atoms with Crippen LogP contribution in [0, 0.1) is 11.6 Å². The zero-order valence-electron chi connectivity index (χ0n) is 28.4. The van der Waals surface area contributed by atoms with Gasteiger partial charge in [0, 0.05) is 19.5 Å². The highest BCUT2D eigenvalue weighted by atomic mass is 35.5. The average molecular weight is 745 g/mol. The lowest BCUT2D eigenvalue weighted by atomic mass is 10.0. The van der Waals surface area contributed by atoms with Crippen LogP contribution in [0.25, 0.3) is 16.6 Å². The SMILES string of the molecule is COc1ccc(CN(c2nn(C)c3c(-n4c(C(Cc5cc(F)cc(F)c5)NC(=O)OC(C)(C)C)nc(O)cc4=O)ccc(Cl)c23)S(C)(=O)=O)cc1. The van der Waals surface area contributed by atoms with E-state index >= 15 is 0 Å². The van der Waals surface area contributed by atoms with E-state index in [1.165, 1.54) is 31.0 Å². The van der Waals surface area contributed by atoms with Crippen LogP contribution >= 0.6 is 11.6 Å². The van der Waals surface area contributed by atoms with E-state index < -0.39 is 50.8 Å². The molecule has 0 aliphatic heterocycles. The Kier molecular flexibility index (Phi) is 10.3. The molecule has 0 radical (unpaired) electrons. The van der Waals surface area contributed by atoms with Crippen molar-refractivity contribution in [2.75, 3.05) is 17.7 Å². The van der Waals surface area contributed by atoms with E-state index in [1.54, 1.807) is 45.0 Å². The molecule has 0 fully saturated rings. The summed E-state index contributed by atoms with van der Waals surface area (Å²) in [5, 5.41) is 17.9. The molecule has 5 rings (SSSR count). The van der Waals surface area contributed by atoms with E-state index in [9.17, 15) is 31.9 Å². The Morgan fingerprint density at radius 2 is 1.71 bits per heavy atom. The van der Waals surface area contributed by atoms with Gasteiger partial charge < -0.3 is 19.9 Å². The van der Waals surface area contributed by atoms with Crippen LogP contribution in [0.1, 0.15) is 43.8 Å². The second kappa shape index (κ2) is 14.2. The van der Waals surface area contributed by atoms with Gasteiger partial charge in [-0.3, -0.25) is 14.0 Å². The van der Waals surface area contributed by atoms with Crippen LogP contribution in [-0.4, -0.2) is 57.9 Å². The highest BCUT2D eigenvalue weighted by Gasteiger charge is 2.30. The van der Waals surface area contributed by atoms with Crippen molar-refractivity contribution in [3.05, 3.63) is 105 Å². The van der Waals surface area contributed by atoms with Crippen molar-refractivity contribution in [3.8, 4) is 17.3 Å². The zero-order chi connectivity index (χ0) is 37.4. The Labute approximate surface area is 297 Å². The third-order valence-electron chi connectivity index (χ3n) is 7.56. The predicted octanol–water partition coefficient (Wildman–Crippen LogP) is 5.54. The van der Waals surface area contributed by atoms with Crippen LogP contribution in [0.3, 0.4) is 0 Å². The van der Waals surface area contributed by atoms with Crippen LogP contribution in [0.4, 0.5) is 19.4 Å². The van der Waals surface area contributed by atoms with Gasteiger partial charge >= 0.3 is 6.09 Å². The summed E-state index contributed by atoms with van der Waals surface area (Å²) in [4.78, 5) is 31.1. The molecule has 13 nitrogen and oxygen atoms in total. The molecule has 2 N–H and O–H groups in total. The molecule has 0 aliphatic carbocycles. The molecule has 1 amide bonds. The van der Waals surface area contributed by atoms with Gasteiger partial charge in [-0.15, -0.1) is 0 Å². The van der Waals surface area contributed by atoms with E-state index in [1.807, 2.05) is 0 Å². The number of nitrogens with zero attached hydrogens (tertiary/aromatic N) is 5. The number of hydrogen-bond donors (Lipinski definition) is 2. The molecule has 0 aliphatic rings. The molecule has 0 saturated carbocycles. The second-order valence-electron chi connectivity index (χ2n) is 12.7. The van der Waals surface area contributed by atoms with Gasteiger partial charge in [0.25, 0.3) is 5.56 Å². The minimum absolute atomic E-state index is 0.0438. The first-order valence-corrected chi connectivity index (χ1v) is 17.6. The molecule has 0 spiro atoms. The van der Waals surface area contributed by atoms with Gasteiger partial charge in [-0.05, 0) is 68.3 Å². The molecule has 3 aromatic carbocycles. The van der Waals surface area contributed by atoms with Crippen LogP contribution in [0.2, 0.25) is 5.02 Å². The summed E-state index contributed by atoms with van der Waals surface area (Å²) in [6.07, 6.45) is -0.232. The number of ether oxygens (including phenoxy) is 2. The summed E-state index contributed by atoms with van der Waals surface area (Å²) in [5.41, 5.74) is -0.797. The molecular formula is C34H35ClF2N6O7S. The monoisotopic (exact) mass is 744 g/mol. The van der Waals surface area contributed by atoms with E-state index in [2.05, 4.69) is 15.4 Å². The Morgan fingerprint density at radius 3 is 2.29 bits per heavy atom. The number of nitrogens with one attached hydrogen (secondary N) is 1. The van der Waals surface area contributed by atoms with E-state index in [0.717, 1.165) is 33.3 Å². The van der Waals surface area contributed by atoms with E-state index in [4.69, 9.17) is 21.1 Å². The molecule has 2 aromatic heterocycles. The lowest BCUT2D eigenvalue weighted by Crippen LogP contribution is -2.38. The summed E-state index contributed by atoms with van der Waals surface area (Å²) in [6, 6.07) is 12.0. The number of carbonyl (C=O) groups is 1. The number of sulfonamides is 1. The zero-order valence-corrected chi connectivity index (χ0v) is 30.0. The molecule has 17 heteroatoms. The molecule has 2 heterocycles. The molecule has 5 aromatic rings. The van der Waals surface area contributed by atoms with Crippen LogP contribution in [0.5, 0.6) is 11.6 Å². The number of anilines is 1. The van der Waals surface area contributed by atoms with Crippen molar-refractivity contribution < 1.29 is 36.6 Å². The fourth-order valence-corrected chi connectivity index (χ4v) is 6.59. The summed E-state index contributed by atoms with van der Waals surface area (Å²) in [5.74, 6) is -2.18. The van der Waals surface area contributed by atoms with Crippen LogP contribution in [-0.2, 0) is 34.8 Å². The minimum atomic E-state index is -3.98. The smallest absolute Gasteiger partial charge is 0.408 e. The Hall–Kier alpha value is -5.22. The van der Waals surface area contributed by atoms with Gasteiger partial charge in [0.15, 0.2) is 5.82 Å². The molecule has 0 bridgehead atoms. The number of benzene rings is 3. The maximum atomic E-state index is 14.3. The molecule has 270 valence electrons. The lowest BCUT2D eigenvalue weighted by molar-refractivity contribution is 0.0500. The number of carbonyl (C=O) groups excluding carboxylic acids is 1. The van der Waals surface area contributed by atoms with E-state index in [0.29, 0.717) is 17.4 Å². The molecule has 1 unspecified atom stereocenters. The third kappa shape index (κ3) is 8.40. The van der Waals surface area contributed by atoms with Crippen molar-refractivity contribution in [1.82, 2.24) is 24.6 Å². The van der Waals surface area contributed by atoms with Gasteiger partial charge in [-0.2, -0.15) is 10.1 Å². The van der Waals surface area contributed by atoms with Crippen LogP contribution in [0.15, 0.2) is 65.5 Å². The summed E-state index contributed by atoms with van der Waals surface area (Å²) >= 11 is 6.73. The number of rotatable bonds is 10. The van der Waals surface area contributed by atoms with Gasteiger partial charge in [-0.25, -0.2) is 26.3 Å². The number of halogens is 3. The maximum Gasteiger partial charge on any atom is 0.408 e. The first kappa shape index (κ1) is 37.0. The number of aromatic hydroxyl groups is 1. The fourth-order valence-electron chi connectivity index (χ4n) is 5.52. The first-order valence-electron chi connectivity index (χ1n) is 15.4. The number of hydrogen-bond acceptors (Lipinski definition) is 9. The topological polar surface area (TPSA) is 158 Å². The van der Waals surface area contributed by atoms with Gasteiger partial charge in [-0.1, -0.05) is 23.7 Å². The van der Waals surface area contributed by atoms with Gasteiger partial charge in [0.1, 0.15) is 28.8 Å². The summed E-state index contributed by atoms with van der Waals surface area (Å²) in [6.45, 7) is 4.76. The first-order chi connectivity index (χ1) is 23.8. The quantitative estimate of drug-likeness (QED) is 0.187. The highest BCUT2D eigenvalue weighted by Crippen LogP contribution is 2.38. The van der Waals surface area contributed by atoms with Crippen molar-refractivity contribution in [2.45, 2.75) is 45.4 Å². The lowest BCUT2D eigenvalue weighted by Gasteiger charge is -2.25. The van der Waals surface area contributed by atoms with Crippen molar-refractivity contribution in [1.29, 1.82) is 0 Å². The number of amides is 1. The number of aryl methyl sites for hydroxylation is 1. The summed E-state index contributed by atoms with van der Waals surface area (Å²) < 4.78 is 69.2. The largest absolute Gasteiger partial charge is 0.497 e. The normalized spacial score (nSPS) is 12.5. The number of fused-ring (bicyclic) bond motifs is 1. The fraction of sp³-hybridized carbons (Fsp3) is 0.294. The molecular weight excluding hydrogens is 710 g/mol. The Balaban J connectivity index is 1.73. The highest BCUT2D eigenvalue weighted by molar-refractivity contribution is 7.92. The third-order valence-corrected chi connectivity index (χ3v) is 8.97. The maximum absolute atomic E-state index is 14.3. The minimum Gasteiger partial charge on any atom is -0.497 e. The Morgan fingerprint density at radius 1 is 1.06 bits per heavy atom. The van der Waals surface area contributed by atoms with Crippen molar-refractivity contribution >= 4 is 44.4 Å². The van der Waals surface area contributed by atoms with Crippen molar-refractivity contribution in [2.24, 2.45) is 7.05 Å².